The molecule has 1 aliphatic rings. The molecule has 1 fully saturated rings. The number of imidazole rings is 1. The molecule has 2 aromatic rings. The van der Waals surface area contributed by atoms with Gasteiger partial charge in [-0.1, -0.05) is 5.92 Å². The standard InChI is InChI=1S/C14H15N5O4/c1-2-3-4-8-17-12(15)9-13(18-8)19(6-16-9)14-11(22)10(21)7(5-20)23-14/h1,3-4,6-7,10-11,14,20-22H,5H2,(H2,15,17,18)/t7-,10-,11-,14-/m1/s1. The molecule has 3 heterocycles. The third kappa shape index (κ3) is 2.54. The minimum atomic E-state index is -1.24. The summed E-state index contributed by atoms with van der Waals surface area (Å²) in [6, 6.07) is 0. The van der Waals surface area contributed by atoms with E-state index in [2.05, 4.69) is 20.9 Å². The molecule has 0 bridgehead atoms. The fourth-order valence-electron chi connectivity index (χ4n) is 2.45. The first-order valence-electron chi connectivity index (χ1n) is 6.82. The molecule has 0 saturated carbocycles. The van der Waals surface area contributed by atoms with E-state index in [1.165, 1.54) is 23.0 Å². The van der Waals surface area contributed by atoms with Crippen LogP contribution in [0.25, 0.3) is 17.2 Å². The molecule has 2 aromatic heterocycles. The van der Waals surface area contributed by atoms with Gasteiger partial charge in [-0.3, -0.25) is 4.57 Å². The van der Waals surface area contributed by atoms with Crippen molar-refractivity contribution in [1.29, 1.82) is 0 Å². The highest BCUT2D eigenvalue weighted by Crippen LogP contribution is 2.31. The number of nitrogens with two attached hydrogens (primary N) is 1. The van der Waals surface area contributed by atoms with E-state index in [9.17, 15) is 15.3 Å². The fourth-order valence-corrected chi connectivity index (χ4v) is 2.45. The topological polar surface area (TPSA) is 140 Å². The van der Waals surface area contributed by atoms with Crippen molar-refractivity contribution >= 4 is 23.1 Å². The Morgan fingerprint density at radius 2 is 2.17 bits per heavy atom. The monoisotopic (exact) mass is 317 g/mol. The number of nitrogens with zero attached hydrogens (tertiary/aromatic N) is 4. The predicted octanol–water partition coefficient (Wildman–Crippen LogP) is -1.33. The summed E-state index contributed by atoms with van der Waals surface area (Å²) in [5.74, 6) is 2.75. The molecular formula is C14H15N5O4. The largest absolute Gasteiger partial charge is 0.394 e. The van der Waals surface area contributed by atoms with Gasteiger partial charge in [0.05, 0.1) is 12.9 Å². The van der Waals surface area contributed by atoms with E-state index in [4.69, 9.17) is 16.9 Å². The molecular weight excluding hydrogens is 302 g/mol. The number of aromatic nitrogens is 4. The summed E-state index contributed by atoms with van der Waals surface area (Å²) in [7, 11) is 0. The van der Waals surface area contributed by atoms with Crippen LogP contribution in [0.15, 0.2) is 12.4 Å². The second-order valence-corrected chi connectivity index (χ2v) is 5.02. The highest BCUT2D eigenvalue weighted by atomic mass is 16.6. The SMILES string of the molecule is C#CC=Cc1nc(N)c2ncn([C@@H]3O[C@H](CO)[C@@H](O)[C@H]3O)c2n1. The molecule has 120 valence electrons. The maximum absolute atomic E-state index is 10.1. The number of nitrogen functional groups attached to an aromatic ring is 1. The molecule has 4 atom stereocenters. The van der Waals surface area contributed by atoms with Gasteiger partial charge in [0.15, 0.2) is 23.5 Å². The van der Waals surface area contributed by atoms with Crippen molar-refractivity contribution in [3.63, 3.8) is 0 Å². The first-order valence-corrected chi connectivity index (χ1v) is 6.82. The van der Waals surface area contributed by atoms with Crippen LogP contribution in [0.3, 0.4) is 0 Å². The van der Waals surface area contributed by atoms with Crippen LogP contribution in [0.1, 0.15) is 12.1 Å². The van der Waals surface area contributed by atoms with E-state index in [-0.39, 0.29) is 11.6 Å². The molecule has 23 heavy (non-hydrogen) atoms. The number of hydrogen-bond acceptors (Lipinski definition) is 8. The molecule has 9 nitrogen and oxygen atoms in total. The third-order valence-electron chi connectivity index (χ3n) is 3.59. The normalized spacial score (nSPS) is 27.7. The van der Waals surface area contributed by atoms with Gasteiger partial charge in [0.1, 0.15) is 23.8 Å². The molecule has 0 spiro atoms. The van der Waals surface area contributed by atoms with Crippen molar-refractivity contribution in [2.75, 3.05) is 12.3 Å². The van der Waals surface area contributed by atoms with E-state index < -0.39 is 31.1 Å². The summed E-state index contributed by atoms with van der Waals surface area (Å²) in [5.41, 5.74) is 6.51. The maximum Gasteiger partial charge on any atom is 0.168 e. The Morgan fingerprint density at radius 1 is 1.39 bits per heavy atom. The molecule has 0 aliphatic carbocycles. The molecule has 0 aromatic carbocycles. The molecule has 1 aliphatic heterocycles. The van der Waals surface area contributed by atoms with Gasteiger partial charge in [-0.05, 0) is 12.2 Å². The van der Waals surface area contributed by atoms with E-state index >= 15 is 0 Å². The zero-order valence-electron chi connectivity index (χ0n) is 11.9. The fraction of sp³-hybridized carbons (Fsp3) is 0.357. The minimum Gasteiger partial charge on any atom is -0.394 e. The van der Waals surface area contributed by atoms with Crippen LogP contribution in [0.5, 0.6) is 0 Å². The Kier molecular flexibility index (Phi) is 3.97. The number of allylic oxidation sites excluding steroid dienone is 1. The lowest BCUT2D eigenvalue weighted by molar-refractivity contribution is -0.0511. The summed E-state index contributed by atoms with van der Waals surface area (Å²) in [4.78, 5) is 12.4. The van der Waals surface area contributed by atoms with Gasteiger partial charge < -0.3 is 25.8 Å². The number of aliphatic hydroxyl groups excluding tert-OH is 3. The van der Waals surface area contributed by atoms with Crippen LogP contribution in [-0.2, 0) is 4.74 Å². The summed E-state index contributed by atoms with van der Waals surface area (Å²) >= 11 is 0. The van der Waals surface area contributed by atoms with Crippen LogP contribution < -0.4 is 5.73 Å². The van der Waals surface area contributed by atoms with Crippen molar-refractivity contribution in [2.45, 2.75) is 24.5 Å². The number of rotatable bonds is 3. The van der Waals surface area contributed by atoms with E-state index in [1.807, 2.05) is 0 Å². The maximum atomic E-state index is 10.1. The van der Waals surface area contributed by atoms with Crippen LogP contribution >= 0.6 is 0 Å². The Morgan fingerprint density at radius 3 is 2.83 bits per heavy atom. The molecule has 5 N–H and O–H groups in total. The Balaban J connectivity index is 2.07. The summed E-state index contributed by atoms with van der Waals surface area (Å²) in [6.45, 7) is -0.422. The number of anilines is 1. The van der Waals surface area contributed by atoms with Crippen molar-refractivity contribution in [2.24, 2.45) is 0 Å². The number of aliphatic hydroxyl groups is 3. The van der Waals surface area contributed by atoms with Gasteiger partial charge in [-0.25, -0.2) is 15.0 Å². The van der Waals surface area contributed by atoms with Crippen LogP contribution in [0.2, 0.25) is 0 Å². The average molecular weight is 317 g/mol. The Hall–Kier alpha value is -2.51. The highest BCUT2D eigenvalue weighted by Gasteiger charge is 2.44. The lowest BCUT2D eigenvalue weighted by Crippen LogP contribution is -2.33. The van der Waals surface area contributed by atoms with Gasteiger partial charge in [0.25, 0.3) is 0 Å². The summed E-state index contributed by atoms with van der Waals surface area (Å²) in [5, 5.41) is 29.2. The quantitative estimate of drug-likeness (QED) is 0.510. The Bertz CT molecular complexity index is 796. The van der Waals surface area contributed by atoms with Crippen molar-refractivity contribution in [1.82, 2.24) is 19.5 Å². The van der Waals surface area contributed by atoms with Crippen molar-refractivity contribution in [3.05, 3.63) is 18.2 Å². The lowest BCUT2D eigenvalue weighted by atomic mass is 10.1. The van der Waals surface area contributed by atoms with Gasteiger partial charge in [0.2, 0.25) is 0 Å². The molecule has 1 saturated heterocycles. The van der Waals surface area contributed by atoms with Crippen LogP contribution in [0, 0.1) is 12.3 Å². The van der Waals surface area contributed by atoms with Crippen molar-refractivity contribution in [3.8, 4) is 12.3 Å². The van der Waals surface area contributed by atoms with Crippen molar-refractivity contribution < 1.29 is 20.1 Å². The second kappa shape index (κ2) is 5.94. The van der Waals surface area contributed by atoms with Gasteiger partial charge >= 0.3 is 0 Å². The zero-order valence-corrected chi connectivity index (χ0v) is 11.9. The van der Waals surface area contributed by atoms with E-state index in [1.54, 1.807) is 0 Å². The zero-order chi connectivity index (χ0) is 16.6. The molecule has 3 rings (SSSR count). The number of ether oxygens (including phenoxy) is 1. The molecule has 0 amide bonds. The van der Waals surface area contributed by atoms with E-state index in [0.717, 1.165) is 0 Å². The van der Waals surface area contributed by atoms with Crippen LogP contribution in [0.4, 0.5) is 5.82 Å². The van der Waals surface area contributed by atoms with Gasteiger partial charge in [-0.2, -0.15) is 0 Å². The summed E-state index contributed by atoms with van der Waals surface area (Å²) in [6.07, 6.45) is 5.15. The average Bonchev–Trinajstić information content (AvgIpc) is 3.08. The first kappa shape index (κ1) is 15.4. The highest BCUT2D eigenvalue weighted by molar-refractivity contribution is 5.82. The number of fused-ring (bicyclic) bond motifs is 1. The molecule has 0 radical (unpaired) electrons. The Labute approximate surface area is 131 Å². The second-order valence-electron chi connectivity index (χ2n) is 5.02. The smallest absolute Gasteiger partial charge is 0.168 e. The minimum absolute atomic E-state index is 0.150. The van der Waals surface area contributed by atoms with Gasteiger partial charge in [-0.15, -0.1) is 6.42 Å². The van der Waals surface area contributed by atoms with Crippen LogP contribution in [-0.4, -0.2) is 59.8 Å². The lowest BCUT2D eigenvalue weighted by Gasteiger charge is -2.16. The molecule has 9 heteroatoms. The number of hydrogen-bond donors (Lipinski definition) is 4. The molecule has 0 unspecified atom stereocenters. The third-order valence-corrected chi connectivity index (χ3v) is 3.59. The summed E-state index contributed by atoms with van der Waals surface area (Å²) < 4.78 is 6.90. The van der Waals surface area contributed by atoms with Gasteiger partial charge in [0, 0.05) is 0 Å². The predicted molar refractivity (Wildman–Crippen MR) is 80.6 cm³/mol. The number of terminal acetylenes is 1. The first-order chi connectivity index (χ1) is 11.1. The van der Waals surface area contributed by atoms with E-state index in [0.29, 0.717) is 11.2 Å².